The lowest BCUT2D eigenvalue weighted by Gasteiger charge is -2.47. The Balaban J connectivity index is 2.59. The van der Waals surface area contributed by atoms with Gasteiger partial charge < -0.3 is 15.6 Å². The first kappa shape index (κ1) is 15.7. The molecule has 1 saturated heterocycles. The molecule has 0 aromatic carbocycles. The summed E-state index contributed by atoms with van der Waals surface area (Å²) in [7, 11) is 0. The van der Waals surface area contributed by atoms with Crippen molar-refractivity contribution in [2.75, 3.05) is 19.8 Å². The molecule has 1 rings (SSSR count). The zero-order chi connectivity index (χ0) is 13.9. The molecule has 3 nitrogen and oxygen atoms in total. The zero-order valence-corrected chi connectivity index (χ0v) is 10.7. The second-order valence-electron chi connectivity index (χ2n) is 5.38. The quantitative estimate of drug-likeness (QED) is 0.804. The summed E-state index contributed by atoms with van der Waals surface area (Å²) in [6.45, 7) is 2.75. The van der Waals surface area contributed by atoms with Crippen LogP contribution in [0.15, 0.2) is 0 Å². The first-order valence-electron chi connectivity index (χ1n) is 6.29. The maximum absolute atomic E-state index is 12.1. The van der Waals surface area contributed by atoms with Crippen LogP contribution in [0.2, 0.25) is 0 Å². The zero-order valence-electron chi connectivity index (χ0n) is 10.7. The van der Waals surface area contributed by atoms with E-state index >= 15 is 0 Å². The Morgan fingerprint density at radius 2 is 2.00 bits per heavy atom. The van der Waals surface area contributed by atoms with Gasteiger partial charge in [-0.25, -0.2) is 0 Å². The average molecular weight is 269 g/mol. The Hall–Kier alpha value is -0.330. The van der Waals surface area contributed by atoms with Crippen LogP contribution in [-0.2, 0) is 4.74 Å². The second kappa shape index (κ2) is 5.75. The van der Waals surface area contributed by atoms with Crippen molar-refractivity contribution >= 4 is 0 Å². The van der Waals surface area contributed by atoms with Crippen LogP contribution in [-0.4, -0.2) is 36.6 Å². The van der Waals surface area contributed by atoms with E-state index in [1.54, 1.807) is 6.92 Å². The van der Waals surface area contributed by atoms with Crippen LogP contribution in [0, 0.1) is 5.41 Å². The van der Waals surface area contributed by atoms with Gasteiger partial charge in [0, 0.05) is 25.0 Å². The highest BCUT2D eigenvalue weighted by Crippen LogP contribution is 2.41. The SMILES string of the molecule is CC(O)(CCCC(F)(F)F)C1(CN)CCCOC1. The number of hydrogen-bond acceptors (Lipinski definition) is 3. The fraction of sp³-hybridized carbons (Fsp3) is 1.00. The lowest BCUT2D eigenvalue weighted by Crippen LogP contribution is -2.55. The van der Waals surface area contributed by atoms with E-state index in [1.165, 1.54) is 0 Å². The van der Waals surface area contributed by atoms with E-state index in [0.717, 1.165) is 6.42 Å². The van der Waals surface area contributed by atoms with Gasteiger partial charge in [0.15, 0.2) is 0 Å². The van der Waals surface area contributed by atoms with Crippen LogP contribution < -0.4 is 5.73 Å². The molecule has 3 N–H and O–H groups in total. The van der Waals surface area contributed by atoms with Gasteiger partial charge in [-0.2, -0.15) is 13.2 Å². The van der Waals surface area contributed by atoms with Gasteiger partial charge in [0.2, 0.25) is 0 Å². The fourth-order valence-electron chi connectivity index (χ4n) is 2.56. The van der Waals surface area contributed by atoms with Crippen molar-refractivity contribution in [2.45, 2.75) is 50.8 Å². The summed E-state index contributed by atoms with van der Waals surface area (Å²) < 4.78 is 41.7. The summed E-state index contributed by atoms with van der Waals surface area (Å²) in [5.74, 6) is 0. The van der Waals surface area contributed by atoms with Gasteiger partial charge in [0.25, 0.3) is 0 Å². The molecule has 0 amide bonds. The second-order valence-corrected chi connectivity index (χ2v) is 5.38. The Morgan fingerprint density at radius 1 is 1.33 bits per heavy atom. The molecule has 1 heterocycles. The van der Waals surface area contributed by atoms with E-state index in [0.29, 0.717) is 19.6 Å². The molecule has 0 saturated carbocycles. The molecule has 6 heteroatoms. The molecule has 0 aliphatic carbocycles. The lowest BCUT2D eigenvalue weighted by molar-refractivity contribution is -0.154. The average Bonchev–Trinajstić information content (AvgIpc) is 2.27. The molecule has 0 bridgehead atoms. The molecule has 0 aromatic rings. The predicted octanol–water partition coefficient (Wildman–Crippen LogP) is 2.23. The molecule has 18 heavy (non-hydrogen) atoms. The summed E-state index contributed by atoms with van der Waals surface area (Å²) in [4.78, 5) is 0. The minimum absolute atomic E-state index is 0.0851. The topological polar surface area (TPSA) is 55.5 Å². The number of alkyl halides is 3. The predicted molar refractivity (Wildman–Crippen MR) is 62.1 cm³/mol. The van der Waals surface area contributed by atoms with E-state index in [1.807, 2.05) is 0 Å². The maximum atomic E-state index is 12.1. The molecule has 0 spiro atoms. The Labute approximate surface area is 105 Å². The van der Waals surface area contributed by atoms with Crippen molar-refractivity contribution in [3.8, 4) is 0 Å². The first-order valence-corrected chi connectivity index (χ1v) is 6.29. The number of hydrogen-bond donors (Lipinski definition) is 2. The molecular weight excluding hydrogens is 247 g/mol. The fourth-order valence-corrected chi connectivity index (χ4v) is 2.56. The highest BCUT2D eigenvalue weighted by atomic mass is 19.4. The van der Waals surface area contributed by atoms with Crippen molar-refractivity contribution in [1.29, 1.82) is 0 Å². The summed E-state index contributed by atoms with van der Waals surface area (Å²) in [5, 5.41) is 10.5. The van der Waals surface area contributed by atoms with E-state index in [4.69, 9.17) is 10.5 Å². The number of nitrogens with two attached hydrogens (primary N) is 1. The Morgan fingerprint density at radius 3 is 2.44 bits per heavy atom. The third-order valence-corrected chi connectivity index (χ3v) is 3.98. The maximum Gasteiger partial charge on any atom is 0.389 e. The van der Waals surface area contributed by atoms with Crippen LogP contribution in [0.3, 0.4) is 0 Å². The lowest BCUT2D eigenvalue weighted by atomic mass is 9.67. The van der Waals surface area contributed by atoms with E-state index < -0.39 is 23.6 Å². The third-order valence-electron chi connectivity index (χ3n) is 3.98. The van der Waals surface area contributed by atoms with Crippen LogP contribution in [0.25, 0.3) is 0 Å². The summed E-state index contributed by atoms with van der Waals surface area (Å²) in [6.07, 6.45) is -3.56. The summed E-state index contributed by atoms with van der Waals surface area (Å²) in [6, 6.07) is 0. The van der Waals surface area contributed by atoms with Crippen molar-refractivity contribution in [3.63, 3.8) is 0 Å². The molecule has 1 fully saturated rings. The van der Waals surface area contributed by atoms with Crippen molar-refractivity contribution in [1.82, 2.24) is 0 Å². The normalized spacial score (nSPS) is 29.0. The highest BCUT2D eigenvalue weighted by molar-refractivity contribution is 4.98. The third kappa shape index (κ3) is 3.83. The Kier molecular flexibility index (Phi) is 5.03. The summed E-state index contributed by atoms with van der Waals surface area (Å²) >= 11 is 0. The van der Waals surface area contributed by atoms with Crippen molar-refractivity contribution in [2.24, 2.45) is 11.1 Å². The molecule has 1 aliphatic rings. The molecule has 0 aromatic heterocycles. The smallest absolute Gasteiger partial charge is 0.389 e. The molecule has 108 valence electrons. The monoisotopic (exact) mass is 269 g/mol. The number of rotatable bonds is 5. The largest absolute Gasteiger partial charge is 0.389 e. The van der Waals surface area contributed by atoms with Crippen LogP contribution in [0.1, 0.15) is 39.0 Å². The van der Waals surface area contributed by atoms with Crippen LogP contribution in [0.5, 0.6) is 0 Å². The highest BCUT2D eigenvalue weighted by Gasteiger charge is 2.47. The standard InChI is InChI=1S/C12H22F3NO2/c1-10(17,4-2-6-12(13,14)15)11(8-16)5-3-7-18-9-11/h17H,2-9,16H2,1H3. The molecule has 0 radical (unpaired) electrons. The number of halogens is 3. The van der Waals surface area contributed by atoms with Gasteiger partial charge in [-0.05, 0) is 32.6 Å². The van der Waals surface area contributed by atoms with Crippen LogP contribution in [0.4, 0.5) is 13.2 Å². The molecular formula is C12H22F3NO2. The first-order chi connectivity index (χ1) is 8.22. The molecule has 2 atom stereocenters. The minimum Gasteiger partial charge on any atom is -0.389 e. The van der Waals surface area contributed by atoms with E-state index in [2.05, 4.69) is 0 Å². The number of aliphatic hydroxyl groups is 1. The van der Waals surface area contributed by atoms with Gasteiger partial charge in [-0.3, -0.25) is 0 Å². The van der Waals surface area contributed by atoms with Gasteiger partial charge >= 0.3 is 6.18 Å². The van der Waals surface area contributed by atoms with E-state index in [-0.39, 0.29) is 19.4 Å². The van der Waals surface area contributed by atoms with Crippen molar-refractivity contribution in [3.05, 3.63) is 0 Å². The number of ether oxygens (including phenoxy) is 1. The van der Waals surface area contributed by atoms with Gasteiger partial charge in [0.1, 0.15) is 0 Å². The summed E-state index contributed by atoms with van der Waals surface area (Å²) in [5.41, 5.74) is 3.89. The molecule has 1 aliphatic heterocycles. The van der Waals surface area contributed by atoms with Gasteiger partial charge in [-0.1, -0.05) is 0 Å². The van der Waals surface area contributed by atoms with Crippen molar-refractivity contribution < 1.29 is 23.0 Å². The van der Waals surface area contributed by atoms with E-state index in [9.17, 15) is 18.3 Å². The molecule has 2 unspecified atom stereocenters. The Bertz CT molecular complexity index is 261. The van der Waals surface area contributed by atoms with Crippen LogP contribution >= 0.6 is 0 Å². The van der Waals surface area contributed by atoms with Gasteiger partial charge in [-0.15, -0.1) is 0 Å². The minimum atomic E-state index is -4.17. The van der Waals surface area contributed by atoms with Gasteiger partial charge in [0.05, 0.1) is 12.2 Å².